The molecule has 0 unspecified atom stereocenters. The van der Waals surface area contributed by atoms with E-state index >= 15 is 0 Å². The number of anilines is 2. The number of nitrogens with one attached hydrogen (secondary N) is 1. The smallest absolute Gasteiger partial charge is 0.266 e. The molecule has 7 heteroatoms. The Morgan fingerprint density at radius 3 is 2.88 bits per heavy atom. The third-order valence-corrected chi connectivity index (χ3v) is 5.43. The lowest BCUT2D eigenvalue weighted by Crippen LogP contribution is -2.17. The molecule has 0 fully saturated rings. The van der Waals surface area contributed by atoms with Crippen molar-refractivity contribution < 1.29 is 4.79 Å². The number of carbonyl (C=O) groups excluding carboxylic acids is 1. The molecule has 0 aliphatic carbocycles. The summed E-state index contributed by atoms with van der Waals surface area (Å²) >= 11 is 1.24. The minimum atomic E-state index is -0.223. The summed E-state index contributed by atoms with van der Waals surface area (Å²) < 4.78 is 1.42. The minimum absolute atomic E-state index is 0.135. The van der Waals surface area contributed by atoms with Crippen molar-refractivity contribution in [3.63, 3.8) is 0 Å². The largest absolute Gasteiger partial charge is 0.375 e. The lowest BCUT2D eigenvalue weighted by molar-refractivity contribution is 0.103. The van der Waals surface area contributed by atoms with Gasteiger partial charge in [-0.25, -0.2) is 4.98 Å². The highest BCUT2D eigenvalue weighted by Crippen LogP contribution is 2.28. The molecule has 1 N–H and O–H groups in total. The first-order chi connectivity index (χ1) is 11.9. The third-order valence-electron chi connectivity index (χ3n) is 4.24. The highest BCUT2D eigenvalue weighted by molar-refractivity contribution is 7.20. The van der Waals surface area contributed by atoms with E-state index in [2.05, 4.69) is 22.1 Å². The molecule has 0 bridgehead atoms. The van der Waals surface area contributed by atoms with E-state index in [0.717, 1.165) is 17.9 Å². The predicted octanol–water partition coefficient (Wildman–Crippen LogP) is 3.01. The van der Waals surface area contributed by atoms with Gasteiger partial charge in [-0.3, -0.25) is 9.59 Å². The summed E-state index contributed by atoms with van der Waals surface area (Å²) in [6.45, 7) is 4.74. The first kappa shape index (κ1) is 17.2. The van der Waals surface area contributed by atoms with Crippen LogP contribution >= 0.6 is 11.3 Å². The SMILES string of the molecule is CCN(C)c1cccc(NC(=O)c2sc3ncn(C)c(=O)c3c2C)c1. The second-order valence-electron chi connectivity index (χ2n) is 5.92. The number of nitrogens with zero attached hydrogens (tertiary/aromatic N) is 3. The molecule has 0 aliphatic heterocycles. The number of rotatable bonds is 4. The number of benzene rings is 1. The molecule has 2 aromatic heterocycles. The molecule has 0 atom stereocenters. The highest BCUT2D eigenvalue weighted by Gasteiger charge is 2.19. The number of aryl methyl sites for hydroxylation is 2. The van der Waals surface area contributed by atoms with Gasteiger partial charge >= 0.3 is 0 Å². The normalized spacial score (nSPS) is 10.9. The highest BCUT2D eigenvalue weighted by atomic mass is 32.1. The Morgan fingerprint density at radius 2 is 2.16 bits per heavy atom. The van der Waals surface area contributed by atoms with Gasteiger partial charge in [0.25, 0.3) is 11.5 Å². The molecule has 0 saturated heterocycles. The third kappa shape index (κ3) is 3.15. The zero-order valence-corrected chi connectivity index (χ0v) is 15.5. The van der Waals surface area contributed by atoms with Gasteiger partial charge in [0.1, 0.15) is 4.83 Å². The number of aromatic nitrogens is 2. The number of fused-ring (bicyclic) bond motifs is 1. The fraction of sp³-hybridized carbons (Fsp3) is 0.278. The Morgan fingerprint density at radius 1 is 1.40 bits per heavy atom. The van der Waals surface area contributed by atoms with Gasteiger partial charge in [-0.2, -0.15) is 0 Å². The number of hydrogen-bond donors (Lipinski definition) is 1. The van der Waals surface area contributed by atoms with Crippen LogP contribution in [0, 0.1) is 6.92 Å². The fourth-order valence-corrected chi connectivity index (χ4v) is 3.65. The summed E-state index contributed by atoms with van der Waals surface area (Å²) in [7, 11) is 3.65. The average Bonchev–Trinajstić information content (AvgIpc) is 2.95. The molecule has 0 saturated carbocycles. The molecule has 0 spiro atoms. The van der Waals surface area contributed by atoms with Gasteiger partial charge in [-0.15, -0.1) is 11.3 Å². The van der Waals surface area contributed by atoms with Crippen LogP contribution in [0.2, 0.25) is 0 Å². The number of amides is 1. The predicted molar refractivity (Wildman–Crippen MR) is 103 cm³/mol. The second-order valence-corrected chi connectivity index (χ2v) is 6.91. The molecule has 1 amide bonds. The molecule has 1 aromatic carbocycles. The van der Waals surface area contributed by atoms with Crippen LogP contribution in [0.15, 0.2) is 35.4 Å². The van der Waals surface area contributed by atoms with Crippen molar-refractivity contribution in [1.29, 1.82) is 0 Å². The van der Waals surface area contributed by atoms with Crippen LogP contribution in [-0.4, -0.2) is 29.1 Å². The Hall–Kier alpha value is -2.67. The zero-order chi connectivity index (χ0) is 18.1. The van der Waals surface area contributed by atoms with Crippen LogP contribution in [0.3, 0.4) is 0 Å². The van der Waals surface area contributed by atoms with Gasteiger partial charge in [0.2, 0.25) is 0 Å². The summed E-state index contributed by atoms with van der Waals surface area (Å²) in [6.07, 6.45) is 1.48. The summed E-state index contributed by atoms with van der Waals surface area (Å²) in [5.41, 5.74) is 2.29. The van der Waals surface area contributed by atoms with E-state index in [1.54, 1.807) is 14.0 Å². The Bertz CT molecular complexity index is 1010. The Kier molecular flexibility index (Phi) is 4.59. The van der Waals surface area contributed by atoms with Crippen molar-refractivity contribution in [2.45, 2.75) is 13.8 Å². The zero-order valence-electron chi connectivity index (χ0n) is 14.7. The maximum atomic E-state index is 12.7. The summed E-state index contributed by atoms with van der Waals surface area (Å²) in [5.74, 6) is -0.223. The Balaban J connectivity index is 1.95. The molecule has 0 aliphatic rings. The van der Waals surface area contributed by atoms with Crippen molar-refractivity contribution in [1.82, 2.24) is 9.55 Å². The van der Waals surface area contributed by atoms with E-state index in [4.69, 9.17) is 0 Å². The summed E-state index contributed by atoms with van der Waals surface area (Å²) in [4.78, 5) is 32.4. The number of thiophene rings is 1. The number of hydrogen-bond acceptors (Lipinski definition) is 5. The van der Waals surface area contributed by atoms with Gasteiger partial charge in [0.15, 0.2) is 0 Å². The molecule has 25 heavy (non-hydrogen) atoms. The first-order valence-corrected chi connectivity index (χ1v) is 8.81. The minimum Gasteiger partial charge on any atom is -0.375 e. The summed E-state index contributed by atoms with van der Waals surface area (Å²) in [6, 6.07) is 7.69. The molecule has 2 heterocycles. The van der Waals surface area contributed by atoms with Crippen LogP contribution in [0.1, 0.15) is 22.2 Å². The molecule has 0 radical (unpaired) electrons. The molecular formula is C18H20N4O2S. The Labute approximate surface area is 149 Å². The van der Waals surface area contributed by atoms with Crippen LogP contribution in [-0.2, 0) is 7.05 Å². The quantitative estimate of drug-likeness (QED) is 0.780. The van der Waals surface area contributed by atoms with Crippen LogP contribution < -0.4 is 15.8 Å². The van der Waals surface area contributed by atoms with E-state index < -0.39 is 0 Å². The molecular weight excluding hydrogens is 336 g/mol. The van der Waals surface area contributed by atoms with Gasteiger partial charge in [-0.05, 0) is 37.6 Å². The maximum absolute atomic E-state index is 12.7. The molecule has 130 valence electrons. The van der Waals surface area contributed by atoms with Crippen LogP contribution in [0.4, 0.5) is 11.4 Å². The number of carbonyl (C=O) groups is 1. The molecule has 6 nitrogen and oxygen atoms in total. The van der Waals surface area contributed by atoms with Crippen molar-refractivity contribution in [3.05, 3.63) is 51.4 Å². The van der Waals surface area contributed by atoms with E-state index in [1.807, 2.05) is 31.3 Å². The van der Waals surface area contributed by atoms with E-state index in [9.17, 15) is 9.59 Å². The van der Waals surface area contributed by atoms with Gasteiger partial charge in [0.05, 0.1) is 16.6 Å². The van der Waals surface area contributed by atoms with E-state index in [0.29, 0.717) is 20.7 Å². The van der Waals surface area contributed by atoms with Crippen molar-refractivity contribution in [3.8, 4) is 0 Å². The lowest BCUT2D eigenvalue weighted by Gasteiger charge is -2.17. The van der Waals surface area contributed by atoms with Gasteiger partial charge < -0.3 is 14.8 Å². The van der Waals surface area contributed by atoms with E-state index in [1.165, 1.54) is 22.2 Å². The fourth-order valence-electron chi connectivity index (χ4n) is 2.62. The van der Waals surface area contributed by atoms with Crippen LogP contribution in [0.5, 0.6) is 0 Å². The topological polar surface area (TPSA) is 67.2 Å². The van der Waals surface area contributed by atoms with Gasteiger partial charge in [-0.1, -0.05) is 6.07 Å². The van der Waals surface area contributed by atoms with Crippen molar-refractivity contribution in [2.24, 2.45) is 7.05 Å². The van der Waals surface area contributed by atoms with E-state index in [-0.39, 0.29) is 11.5 Å². The lowest BCUT2D eigenvalue weighted by atomic mass is 10.2. The maximum Gasteiger partial charge on any atom is 0.266 e. The van der Waals surface area contributed by atoms with Crippen molar-refractivity contribution >= 4 is 38.8 Å². The van der Waals surface area contributed by atoms with Crippen LogP contribution in [0.25, 0.3) is 10.2 Å². The average molecular weight is 356 g/mol. The van der Waals surface area contributed by atoms with Gasteiger partial charge in [0, 0.05) is 32.0 Å². The van der Waals surface area contributed by atoms with Crippen molar-refractivity contribution in [2.75, 3.05) is 23.8 Å². The second kappa shape index (κ2) is 6.68. The first-order valence-electron chi connectivity index (χ1n) is 7.99. The molecule has 3 aromatic rings. The standard InChI is InChI=1S/C18H20N4O2S/c1-5-21(3)13-8-6-7-12(9-13)20-16(23)15-11(2)14-17(25-15)19-10-22(4)18(14)24/h6-10H,5H2,1-4H3,(H,20,23). The monoisotopic (exact) mass is 356 g/mol. The summed E-state index contributed by atoms with van der Waals surface area (Å²) in [5, 5.41) is 3.44. The molecule has 3 rings (SSSR count).